The molecule has 0 fully saturated rings. The molecule has 96 valence electrons. The summed E-state index contributed by atoms with van der Waals surface area (Å²) in [7, 11) is -4.27. The number of hydrogen-bond acceptors (Lipinski definition) is 1. The van der Waals surface area contributed by atoms with Crippen LogP contribution in [0, 0.1) is 0 Å². The molecule has 5 heteroatoms. The van der Waals surface area contributed by atoms with E-state index in [4.69, 9.17) is 0 Å². The molecule has 1 aliphatic rings. The molecule has 0 radical (unpaired) electrons. The van der Waals surface area contributed by atoms with Crippen LogP contribution in [0.15, 0.2) is 54.3 Å². The minimum Gasteiger partial charge on any atom is -0.572 e. The van der Waals surface area contributed by atoms with Crippen molar-refractivity contribution in [3.8, 4) is 0 Å². The highest BCUT2D eigenvalue weighted by Crippen LogP contribution is 2.23. The monoisotopic (exact) mass is 260 g/mol. The van der Waals surface area contributed by atoms with E-state index in [0.29, 0.717) is 5.56 Å². The SMILES string of the molecule is CC1=CC(c2ccc3ccccc3c2)=[O+][B-](F)(F)O1. The van der Waals surface area contributed by atoms with Crippen LogP contribution in [0.1, 0.15) is 16.8 Å². The maximum atomic E-state index is 13.3. The number of carbonyl (C=O) groups excluding carboxylic acids is 1. The summed E-state index contributed by atoms with van der Waals surface area (Å²) >= 11 is 0. The van der Waals surface area contributed by atoms with Crippen LogP contribution in [-0.4, -0.2) is 12.9 Å². The lowest BCUT2D eigenvalue weighted by molar-refractivity contribution is -0.189. The molecule has 0 unspecified atom stereocenters. The summed E-state index contributed by atoms with van der Waals surface area (Å²) < 4.78 is 35.5. The van der Waals surface area contributed by atoms with Gasteiger partial charge in [0.15, 0.2) is 0 Å². The number of rotatable bonds is 1. The molecule has 1 heterocycles. The molecule has 0 amide bonds. The van der Waals surface area contributed by atoms with Gasteiger partial charge in [-0.1, -0.05) is 30.3 Å². The van der Waals surface area contributed by atoms with E-state index in [1.807, 2.05) is 36.4 Å². The number of fused-ring (bicyclic) bond motifs is 1. The van der Waals surface area contributed by atoms with Gasteiger partial charge in [0.05, 0.1) is 17.4 Å². The fourth-order valence-electron chi connectivity index (χ4n) is 2.13. The molecule has 0 saturated carbocycles. The summed E-state index contributed by atoms with van der Waals surface area (Å²) in [6, 6.07) is 13.2. The molecule has 0 saturated heterocycles. The minimum atomic E-state index is -4.27. The molecule has 0 aromatic heterocycles. The van der Waals surface area contributed by atoms with Crippen LogP contribution in [0.5, 0.6) is 0 Å². The standard InChI is InChI=1S/C14H11BF2O2/c1-10-8-14(19-15(16,17)18-10)13-7-6-11-4-2-3-5-12(11)9-13/h2-9H,1H3. The minimum absolute atomic E-state index is 0.138. The highest BCUT2D eigenvalue weighted by Gasteiger charge is 2.52. The number of allylic oxidation sites excluding steroid dienone is 2. The quantitative estimate of drug-likeness (QED) is 0.563. The van der Waals surface area contributed by atoms with Gasteiger partial charge < -0.3 is 17.6 Å². The predicted octanol–water partition coefficient (Wildman–Crippen LogP) is 3.87. The van der Waals surface area contributed by atoms with Gasteiger partial charge >= 0.3 is 7.11 Å². The molecule has 0 bridgehead atoms. The maximum absolute atomic E-state index is 13.3. The average molecular weight is 260 g/mol. The van der Waals surface area contributed by atoms with Crippen LogP contribution in [0.2, 0.25) is 0 Å². The van der Waals surface area contributed by atoms with Gasteiger partial charge in [-0.2, -0.15) is 0 Å². The fourth-order valence-corrected chi connectivity index (χ4v) is 2.13. The van der Waals surface area contributed by atoms with Crippen LogP contribution in [0.3, 0.4) is 0 Å². The van der Waals surface area contributed by atoms with Crippen LogP contribution >= 0.6 is 0 Å². The Labute approximate surface area is 109 Å². The smallest absolute Gasteiger partial charge is 0.572 e. The van der Waals surface area contributed by atoms with Crippen molar-refractivity contribution in [3.05, 3.63) is 59.9 Å². The lowest BCUT2D eigenvalue weighted by atomic mass is 10.0. The Hall–Kier alpha value is -2.17. The molecule has 0 atom stereocenters. The third kappa shape index (κ3) is 2.36. The van der Waals surface area contributed by atoms with Crippen LogP contribution in [0.25, 0.3) is 10.8 Å². The molecule has 2 nitrogen and oxygen atoms in total. The first kappa shape index (κ1) is 11.9. The number of benzene rings is 2. The zero-order chi connectivity index (χ0) is 13.5. The van der Waals surface area contributed by atoms with Crippen LogP contribution < -0.4 is 0 Å². The second-order valence-electron chi connectivity index (χ2n) is 4.45. The zero-order valence-corrected chi connectivity index (χ0v) is 10.3. The molecule has 1 aliphatic heterocycles. The van der Waals surface area contributed by atoms with Gasteiger partial charge in [0, 0.05) is 0 Å². The van der Waals surface area contributed by atoms with Gasteiger partial charge in [-0.25, -0.2) is 0 Å². The third-order valence-corrected chi connectivity index (χ3v) is 2.96. The van der Waals surface area contributed by atoms with Gasteiger partial charge in [0.2, 0.25) is 0 Å². The van der Waals surface area contributed by atoms with Gasteiger partial charge in [-0.3, -0.25) is 0 Å². The van der Waals surface area contributed by atoms with E-state index in [2.05, 4.69) is 9.00 Å². The van der Waals surface area contributed by atoms with Crippen molar-refractivity contribution < 1.29 is 17.6 Å². The second kappa shape index (κ2) is 4.19. The van der Waals surface area contributed by atoms with Crippen LogP contribution in [0.4, 0.5) is 8.63 Å². The summed E-state index contributed by atoms with van der Waals surface area (Å²) in [5, 5.41) is 2.03. The van der Waals surface area contributed by atoms with Crippen molar-refractivity contribution in [2.75, 3.05) is 0 Å². The summed E-state index contributed by atoms with van der Waals surface area (Å²) in [4.78, 5) is 0. The molecule has 0 spiro atoms. The van der Waals surface area contributed by atoms with Crippen molar-refractivity contribution in [2.45, 2.75) is 6.92 Å². The molecular formula is C14H11BF2O2. The Morgan fingerprint density at radius 3 is 2.53 bits per heavy atom. The largest absolute Gasteiger partial charge is 0.994 e. The Morgan fingerprint density at radius 1 is 1.05 bits per heavy atom. The third-order valence-electron chi connectivity index (χ3n) is 2.96. The first-order valence-corrected chi connectivity index (χ1v) is 5.96. The Morgan fingerprint density at radius 2 is 1.79 bits per heavy atom. The normalized spacial score (nSPS) is 17.6. The van der Waals surface area contributed by atoms with Gasteiger partial charge in [0.25, 0.3) is 5.78 Å². The van der Waals surface area contributed by atoms with Gasteiger partial charge in [-0.15, -0.1) is 0 Å². The van der Waals surface area contributed by atoms with Crippen molar-refractivity contribution in [1.29, 1.82) is 0 Å². The topological polar surface area (TPSA) is 20.5 Å². The van der Waals surface area contributed by atoms with E-state index >= 15 is 0 Å². The fraction of sp³-hybridized carbons (Fsp3) is 0.0714. The van der Waals surface area contributed by atoms with E-state index in [1.54, 1.807) is 6.07 Å². The van der Waals surface area contributed by atoms with E-state index < -0.39 is 7.11 Å². The molecule has 2 aromatic carbocycles. The maximum Gasteiger partial charge on any atom is 0.994 e. The second-order valence-corrected chi connectivity index (χ2v) is 4.45. The molecular weight excluding hydrogens is 249 g/mol. The van der Waals surface area contributed by atoms with E-state index in [-0.39, 0.29) is 11.5 Å². The van der Waals surface area contributed by atoms with Crippen molar-refractivity contribution in [1.82, 2.24) is 0 Å². The van der Waals surface area contributed by atoms with E-state index in [9.17, 15) is 8.63 Å². The van der Waals surface area contributed by atoms with Crippen LogP contribution in [-0.2, 0) is 4.65 Å². The molecule has 3 rings (SSSR count). The average Bonchev–Trinajstić information content (AvgIpc) is 2.36. The first-order valence-electron chi connectivity index (χ1n) is 5.96. The van der Waals surface area contributed by atoms with Crippen molar-refractivity contribution >= 4 is 23.7 Å². The molecule has 2 aromatic rings. The summed E-state index contributed by atoms with van der Waals surface area (Å²) in [6.07, 6.45) is 1.48. The summed E-state index contributed by atoms with van der Waals surface area (Å²) in [5.74, 6) is 0.291. The van der Waals surface area contributed by atoms with Gasteiger partial charge in [-0.05, 0) is 29.8 Å². The zero-order valence-electron chi connectivity index (χ0n) is 10.3. The highest BCUT2D eigenvalue weighted by atomic mass is 19.3. The molecule has 19 heavy (non-hydrogen) atoms. The Kier molecular flexibility index (Phi) is 2.62. The lowest BCUT2D eigenvalue weighted by Crippen LogP contribution is -2.30. The van der Waals surface area contributed by atoms with Crippen molar-refractivity contribution in [2.24, 2.45) is 0 Å². The lowest BCUT2D eigenvalue weighted by Gasteiger charge is -2.17. The molecule has 0 aliphatic carbocycles. The number of ketones is 1. The summed E-state index contributed by atoms with van der Waals surface area (Å²) in [5.41, 5.74) is 0.614. The number of hydrogen-bond donors (Lipinski definition) is 0. The van der Waals surface area contributed by atoms with E-state index in [1.165, 1.54) is 13.0 Å². The first-order chi connectivity index (χ1) is 9.03. The Bertz CT molecular complexity index is 707. The van der Waals surface area contributed by atoms with Crippen molar-refractivity contribution in [3.63, 3.8) is 0 Å². The van der Waals surface area contributed by atoms with E-state index in [0.717, 1.165) is 10.8 Å². The van der Waals surface area contributed by atoms with Gasteiger partial charge in [0.1, 0.15) is 0 Å². The number of halogens is 2. The summed E-state index contributed by atoms with van der Waals surface area (Å²) in [6.45, 7) is 1.49. The molecule has 0 N–H and O–H groups in total. The predicted molar refractivity (Wildman–Crippen MR) is 71.1 cm³/mol. The Balaban J connectivity index is 2.11. The highest BCUT2D eigenvalue weighted by molar-refractivity contribution is 6.51.